The predicted octanol–water partition coefficient (Wildman–Crippen LogP) is 3.78. The Kier molecular flexibility index (Phi) is 5.57. The van der Waals surface area contributed by atoms with Gasteiger partial charge in [0.2, 0.25) is 10.0 Å². The van der Waals surface area contributed by atoms with Gasteiger partial charge in [-0.15, -0.1) is 0 Å². The second-order valence-electron chi connectivity index (χ2n) is 6.54. The number of para-hydroxylation sites is 1. The molecule has 144 valence electrons. The van der Waals surface area contributed by atoms with E-state index in [0.717, 1.165) is 31.4 Å². The molecule has 1 amide bonds. The third-order valence-electron chi connectivity index (χ3n) is 4.65. The zero-order valence-corrected chi connectivity index (χ0v) is 15.6. The molecule has 2 aromatic carbocycles. The van der Waals surface area contributed by atoms with Crippen molar-refractivity contribution in [3.63, 3.8) is 0 Å². The van der Waals surface area contributed by atoms with Crippen molar-refractivity contribution in [3.8, 4) is 0 Å². The van der Waals surface area contributed by atoms with Gasteiger partial charge in [-0.3, -0.25) is 4.79 Å². The van der Waals surface area contributed by atoms with Gasteiger partial charge in [-0.1, -0.05) is 18.6 Å². The van der Waals surface area contributed by atoms with Crippen molar-refractivity contribution in [1.29, 1.82) is 0 Å². The lowest BCUT2D eigenvalue weighted by Gasteiger charge is -2.32. The molecule has 5 nitrogen and oxygen atoms in total. The summed E-state index contributed by atoms with van der Waals surface area (Å²) >= 11 is 0. The minimum Gasteiger partial charge on any atom is -0.317 e. The number of anilines is 1. The van der Waals surface area contributed by atoms with Gasteiger partial charge in [0.15, 0.2) is 0 Å². The van der Waals surface area contributed by atoms with Crippen molar-refractivity contribution >= 4 is 21.6 Å². The average Bonchev–Trinajstić information content (AvgIpc) is 2.65. The monoisotopic (exact) mass is 394 g/mol. The second-order valence-corrected chi connectivity index (χ2v) is 8.43. The van der Waals surface area contributed by atoms with Crippen LogP contribution in [0.15, 0.2) is 47.4 Å². The summed E-state index contributed by atoms with van der Waals surface area (Å²) in [6.45, 7) is 2.29. The van der Waals surface area contributed by atoms with E-state index in [0.29, 0.717) is 6.54 Å². The van der Waals surface area contributed by atoms with E-state index in [-0.39, 0.29) is 16.5 Å². The fourth-order valence-corrected chi connectivity index (χ4v) is 4.91. The molecule has 0 radical (unpaired) electrons. The van der Waals surface area contributed by atoms with Crippen molar-refractivity contribution in [3.05, 3.63) is 59.7 Å². The molecule has 3 rings (SSSR count). The van der Waals surface area contributed by atoms with Crippen molar-refractivity contribution in [2.45, 2.75) is 37.1 Å². The summed E-state index contributed by atoms with van der Waals surface area (Å²) in [6.07, 6.45) is 2.55. The van der Waals surface area contributed by atoms with Crippen LogP contribution in [0.3, 0.4) is 0 Å². The summed E-state index contributed by atoms with van der Waals surface area (Å²) in [5.41, 5.74) is -0.566. The Balaban J connectivity index is 1.88. The van der Waals surface area contributed by atoms with Gasteiger partial charge < -0.3 is 5.32 Å². The Hall–Kier alpha value is -2.32. The first-order valence-electron chi connectivity index (χ1n) is 8.68. The van der Waals surface area contributed by atoms with Crippen LogP contribution in [0.1, 0.15) is 36.5 Å². The molecule has 2 aromatic rings. The third-order valence-corrected chi connectivity index (χ3v) is 6.66. The molecular weight excluding hydrogens is 374 g/mol. The number of halogens is 2. The van der Waals surface area contributed by atoms with E-state index in [9.17, 15) is 22.0 Å². The minimum atomic E-state index is -3.75. The second kappa shape index (κ2) is 7.74. The van der Waals surface area contributed by atoms with Crippen molar-refractivity contribution < 1.29 is 22.0 Å². The number of rotatable bonds is 4. The number of piperidine rings is 1. The quantitative estimate of drug-likeness (QED) is 0.858. The molecule has 0 aliphatic carbocycles. The maximum absolute atomic E-state index is 13.7. The van der Waals surface area contributed by atoms with Crippen LogP contribution in [0, 0.1) is 11.6 Å². The smallest absolute Gasteiger partial charge is 0.255 e. The van der Waals surface area contributed by atoms with Gasteiger partial charge in [-0.25, -0.2) is 17.2 Å². The van der Waals surface area contributed by atoms with Crippen LogP contribution in [0.4, 0.5) is 14.5 Å². The Labute approximate surface area is 157 Å². The van der Waals surface area contributed by atoms with Crippen LogP contribution in [0.25, 0.3) is 0 Å². The van der Waals surface area contributed by atoms with Crippen molar-refractivity contribution in [2.75, 3.05) is 11.9 Å². The first-order chi connectivity index (χ1) is 12.8. The largest absolute Gasteiger partial charge is 0.317 e. The lowest BCUT2D eigenvalue weighted by Crippen LogP contribution is -2.41. The highest BCUT2D eigenvalue weighted by molar-refractivity contribution is 7.89. The fraction of sp³-hybridized carbons (Fsp3) is 0.316. The van der Waals surface area contributed by atoms with Gasteiger partial charge in [-0.05, 0) is 50.1 Å². The molecule has 1 heterocycles. The molecule has 27 heavy (non-hydrogen) atoms. The Morgan fingerprint density at radius 2 is 1.78 bits per heavy atom. The van der Waals surface area contributed by atoms with E-state index in [1.54, 1.807) is 0 Å². The summed E-state index contributed by atoms with van der Waals surface area (Å²) in [4.78, 5) is 12.4. The van der Waals surface area contributed by atoms with Crippen LogP contribution in [0.5, 0.6) is 0 Å². The highest BCUT2D eigenvalue weighted by Crippen LogP contribution is 2.26. The maximum Gasteiger partial charge on any atom is 0.255 e. The molecule has 1 N–H and O–H groups in total. The topological polar surface area (TPSA) is 66.5 Å². The number of nitrogens with zero attached hydrogens (tertiary/aromatic N) is 1. The summed E-state index contributed by atoms with van der Waals surface area (Å²) in [7, 11) is -3.75. The Bertz CT molecular complexity index is 943. The van der Waals surface area contributed by atoms with Crippen molar-refractivity contribution in [1.82, 2.24) is 4.31 Å². The van der Waals surface area contributed by atoms with Gasteiger partial charge in [0.25, 0.3) is 5.91 Å². The van der Waals surface area contributed by atoms with E-state index in [1.807, 2.05) is 6.92 Å². The molecule has 0 spiro atoms. The normalized spacial score (nSPS) is 18.3. The molecule has 1 fully saturated rings. The molecule has 0 bridgehead atoms. The number of hydrogen-bond acceptors (Lipinski definition) is 3. The van der Waals surface area contributed by atoms with E-state index >= 15 is 0 Å². The summed E-state index contributed by atoms with van der Waals surface area (Å²) < 4.78 is 54.7. The van der Waals surface area contributed by atoms with Crippen LogP contribution in [-0.2, 0) is 10.0 Å². The average molecular weight is 394 g/mol. The fourth-order valence-electron chi connectivity index (χ4n) is 3.16. The van der Waals surface area contributed by atoms with Gasteiger partial charge in [-0.2, -0.15) is 4.31 Å². The number of hydrogen-bond donors (Lipinski definition) is 1. The standard InChI is InChI=1S/C19H20F2N2O3S/c1-13-6-2-3-11-23(13)27(25,26)15-8-4-7-14(12-15)19(24)22-18-16(20)9-5-10-17(18)21/h4-5,7-10,12-13H,2-3,6,11H2,1H3,(H,22,24). The van der Waals surface area contributed by atoms with Crippen LogP contribution < -0.4 is 5.32 Å². The highest BCUT2D eigenvalue weighted by Gasteiger charge is 2.31. The zero-order chi connectivity index (χ0) is 19.6. The molecule has 1 aliphatic rings. The number of sulfonamides is 1. The Morgan fingerprint density at radius 3 is 2.44 bits per heavy atom. The number of carbonyl (C=O) groups excluding carboxylic acids is 1. The number of amides is 1. The molecule has 1 aliphatic heterocycles. The van der Waals surface area contributed by atoms with Gasteiger partial charge >= 0.3 is 0 Å². The first kappa shape index (κ1) is 19.4. The van der Waals surface area contributed by atoms with Crippen LogP contribution in [0.2, 0.25) is 0 Å². The van der Waals surface area contributed by atoms with E-state index in [4.69, 9.17) is 0 Å². The lowest BCUT2D eigenvalue weighted by molar-refractivity contribution is 0.102. The van der Waals surface area contributed by atoms with E-state index in [1.165, 1.54) is 34.6 Å². The van der Waals surface area contributed by atoms with Gasteiger partial charge in [0.1, 0.15) is 17.3 Å². The van der Waals surface area contributed by atoms with Crippen LogP contribution >= 0.6 is 0 Å². The molecule has 0 aromatic heterocycles. The zero-order valence-electron chi connectivity index (χ0n) is 14.8. The number of benzene rings is 2. The molecule has 1 saturated heterocycles. The molecule has 8 heteroatoms. The maximum atomic E-state index is 13.7. The number of carbonyl (C=O) groups is 1. The first-order valence-corrected chi connectivity index (χ1v) is 10.1. The summed E-state index contributed by atoms with van der Waals surface area (Å²) in [6, 6.07) is 8.60. The SMILES string of the molecule is CC1CCCCN1S(=O)(=O)c1cccc(C(=O)Nc2c(F)cccc2F)c1. The predicted molar refractivity (Wildman–Crippen MR) is 98.0 cm³/mol. The Morgan fingerprint density at radius 1 is 1.11 bits per heavy atom. The minimum absolute atomic E-state index is 0.00314. The molecule has 0 saturated carbocycles. The number of nitrogens with one attached hydrogen (secondary N) is 1. The van der Waals surface area contributed by atoms with Crippen molar-refractivity contribution in [2.24, 2.45) is 0 Å². The van der Waals surface area contributed by atoms with E-state index < -0.39 is 33.3 Å². The highest BCUT2D eigenvalue weighted by atomic mass is 32.2. The van der Waals surface area contributed by atoms with Crippen LogP contribution in [-0.4, -0.2) is 31.2 Å². The van der Waals surface area contributed by atoms with E-state index in [2.05, 4.69) is 5.32 Å². The summed E-state index contributed by atoms with van der Waals surface area (Å²) in [5.74, 6) is -2.61. The molecular formula is C19H20F2N2O3S. The molecule has 1 unspecified atom stereocenters. The summed E-state index contributed by atoms with van der Waals surface area (Å²) in [5, 5.41) is 2.16. The van der Waals surface area contributed by atoms with Gasteiger partial charge in [0, 0.05) is 18.2 Å². The molecule has 1 atom stereocenters. The third kappa shape index (κ3) is 4.01. The van der Waals surface area contributed by atoms with Gasteiger partial charge in [0.05, 0.1) is 4.90 Å². The lowest BCUT2D eigenvalue weighted by atomic mass is 10.1.